The van der Waals surface area contributed by atoms with Crippen LogP contribution in [0.1, 0.15) is 63.5 Å². The van der Waals surface area contributed by atoms with Crippen molar-refractivity contribution in [2.24, 2.45) is 0 Å². The fraction of sp³-hybridized carbons (Fsp3) is 0.278. The van der Waals surface area contributed by atoms with Crippen LogP contribution in [0, 0.1) is 11.6 Å². The Morgan fingerprint density at radius 3 is 1.33 bits per heavy atom. The number of hydrogen-bond donors (Lipinski definition) is 0. The summed E-state index contributed by atoms with van der Waals surface area (Å²) in [7, 11) is 0. The topological polar surface area (TPSA) is 25.8 Å². The van der Waals surface area contributed by atoms with Gasteiger partial charge < -0.3 is 0 Å². The first-order valence-electron chi connectivity index (χ1n) is 15.1. The minimum atomic E-state index is -0.131. The van der Waals surface area contributed by atoms with Crippen molar-refractivity contribution in [1.82, 2.24) is 8.75 Å². The zero-order chi connectivity index (χ0) is 29.8. The number of benzene rings is 3. The summed E-state index contributed by atoms with van der Waals surface area (Å²) in [6.45, 7) is 4.37. The van der Waals surface area contributed by atoms with Gasteiger partial charge in [0.15, 0.2) is 0 Å². The van der Waals surface area contributed by atoms with Crippen molar-refractivity contribution >= 4 is 51.8 Å². The molecule has 0 saturated heterocycles. The molecule has 0 atom stereocenters. The van der Waals surface area contributed by atoms with E-state index in [4.69, 9.17) is 8.75 Å². The van der Waals surface area contributed by atoms with Crippen LogP contribution >= 0.6 is 11.7 Å². The van der Waals surface area contributed by atoms with Crippen molar-refractivity contribution in [3.8, 4) is 40.0 Å². The van der Waals surface area contributed by atoms with Gasteiger partial charge in [-0.2, -0.15) is 0 Å². The molecule has 0 aliphatic heterocycles. The number of fused-ring (bicyclic) bond motifs is 1. The third-order valence-corrected chi connectivity index (χ3v) is 13.3. The standard InChI is InChI=1S/C36H34F2N2SSe2/c1-3-5-7-9-23-11-13-25(29(37)21-23)31-17-19-33(42-31)27-15-16-28(36-35(27)39-41-40-36)34-20-18-32(43-34)26-14-12-24(22-30(26)38)10-8-6-4-2/h11-22H,3-10H2,1-2H3. The Bertz CT molecular complexity index is 1720. The number of unbranched alkanes of at least 4 members (excludes halogenated alkanes) is 4. The molecule has 3 heterocycles. The Morgan fingerprint density at radius 1 is 0.535 bits per heavy atom. The summed E-state index contributed by atoms with van der Waals surface area (Å²) in [5.41, 5.74) is 7.47. The second-order valence-electron chi connectivity index (χ2n) is 11.0. The van der Waals surface area contributed by atoms with Gasteiger partial charge in [0, 0.05) is 0 Å². The average molecular weight is 723 g/mol. The number of rotatable bonds is 12. The van der Waals surface area contributed by atoms with Crippen LogP contribution in [0.15, 0.2) is 72.8 Å². The van der Waals surface area contributed by atoms with E-state index in [1.54, 1.807) is 12.1 Å². The summed E-state index contributed by atoms with van der Waals surface area (Å²) in [6, 6.07) is 24.1. The second kappa shape index (κ2) is 14.0. The maximum absolute atomic E-state index is 15.1. The van der Waals surface area contributed by atoms with E-state index >= 15 is 8.78 Å². The van der Waals surface area contributed by atoms with Gasteiger partial charge in [0.2, 0.25) is 0 Å². The van der Waals surface area contributed by atoms with Crippen LogP contribution in [-0.4, -0.2) is 37.8 Å². The molecule has 0 aliphatic carbocycles. The normalized spacial score (nSPS) is 11.5. The van der Waals surface area contributed by atoms with Gasteiger partial charge in [-0.25, -0.2) is 0 Å². The molecule has 0 unspecified atom stereocenters. The van der Waals surface area contributed by atoms with Crippen LogP contribution in [-0.2, 0) is 12.8 Å². The van der Waals surface area contributed by atoms with Crippen LogP contribution in [0.5, 0.6) is 0 Å². The Labute approximate surface area is 268 Å². The number of hydrogen-bond acceptors (Lipinski definition) is 3. The van der Waals surface area contributed by atoms with Crippen molar-refractivity contribution in [2.45, 2.75) is 65.2 Å². The summed E-state index contributed by atoms with van der Waals surface area (Å²) in [5.74, 6) is -0.261. The van der Waals surface area contributed by atoms with Crippen molar-refractivity contribution in [2.75, 3.05) is 0 Å². The number of nitrogens with zero attached hydrogens (tertiary/aromatic N) is 2. The van der Waals surface area contributed by atoms with Crippen LogP contribution in [0.2, 0.25) is 0 Å². The van der Waals surface area contributed by atoms with Gasteiger partial charge in [0.25, 0.3) is 0 Å². The summed E-state index contributed by atoms with van der Waals surface area (Å²) in [4.78, 5) is 0. The SMILES string of the molecule is CCCCCc1ccc(-c2ccc(-c3ccc(-c4ccc(-c5ccc(CCCCC)cc5F)[se]4)c4nsnc34)[se]2)c(F)c1. The average Bonchev–Trinajstić information content (AvgIpc) is 3.79. The summed E-state index contributed by atoms with van der Waals surface area (Å²) in [5, 5.41) is 0. The second-order valence-corrected chi connectivity index (χ2v) is 16.1. The fourth-order valence-electron chi connectivity index (χ4n) is 5.51. The molecule has 0 bridgehead atoms. The van der Waals surface area contributed by atoms with E-state index in [1.807, 2.05) is 12.1 Å². The minimum absolute atomic E-state index is 0.0336. The van der Waals surface area contributed by atoms with E-state index in [2.05, 4.69) is 62.4 Å². The summed E-state index contributed by atoms with van der Waals surface area (Å²) >= 11 is 1.16. The molecule has 220 valence electrons. The monoisotopic (exact) mass is 724 g/mol. The summed E-state index contributed by atoms with van der Waals surface area (Å²) < 4.78 is 44.1. The van der Waals surface area contributed by atoms with Gasteiger partial charge in [-0.05, 0) is 0 Å². The molecular weight excluding hydrogens is 688 g/mol. The van der Waals surface area contributed by atoms with E-state index in [1.165, 1.54) is 33.4 Å². The van der Waals surface area contributed by atoms with E-state index in [0.29, 0.717) is 11.1 Å². The molecular formula is C36H34F2N2SSe2. The Balaban J connectivity index is 1.25. The molecule has 0 radical (unpaired) electrons. The van der Waals surface area contributed by atoms with Crippen LogP contribution in [0.4, 0.5) is 8.78 Å². The molecule has 6 rings (SSSR count). The molecule has 3 aromatic heterocycles. The Hall–Kier alpha value is -2.66. The van der Waals surface area contributed by atoms with Crippen LogP contribution in [0.3, 0.4) is 0 Å². The molecule has 43 heavy (non-hydrogen) atoms. The number of aryl methyl sites for hydroxylation is 2. The zero-order valence-electron chi connectivity index (χ0n) is 24.5. The molecule has 0 fully saturated rings. The van der Waals surface area contributed by atoms with Crippen molar-refractivity contribution in [3.63, 3.8) is 0 Å². The molecule has 0 amide bonds. The van der Waals surface area contributed by atoms with Crippen LogP contribution in [0.25, 0.3) is 51.0 Å². The fourth-order valence-corrected chi connectivity index (χ4v) is 10.5. The van der Waals surface area contributed by atoms with Crippen molar-refractivity contribution < 1.29 is 8.78 Å². The predicted molar refractivity (Wildman–Crippen MR) is 179 cm³/mol. The third-order valence-electron chi connectivity index (χ3n) is 7.89. The van der Waals surface area contributed by atoms with E-state index in [0.717, 1.165) is 80.7 Å². The Kier molecular flexibility index (Phi) is 9.87. The molecule has 6 aromatic rings. The zero-order valence-corrected chi connectivity index (χ0v) is 28.7. The quantitative estimate of drug-likeness (QED) is 0.0929. The van der Waals surface area contributed by atoms with Gasteiger partial charge in [0.05, 0.1) is 0 Å². The molecule has 7 heteroatoms. The van der Waals surface area contributed by atoms with Crippen molar-refractivity contribution in [1.29, 1.82) is 0 Å². The van der Waals surface area contributed by atoms with Gasteiger partial charge in [0.1, 0.15) is 0 Å². The van der Waals surface area contributed by atoms with E-state index < -0.39 is 0 Å². The molecule has 0 N–H and O–H groups in total. The maximum atomic E-state index is 15.1. The predicted octanol–water partition coefficient (Wildman–Crippen LogP) is 10.2. The number of halogens is 2. The van der Waals surface area contributed by atoms with Gasteiger partial charge in [-0.3, -0.25) is 0 Å². The van der Waals surface area contributed by atoms with E-state index in [9.17, 15) is 0 Å². The van der Waals surface area contributed by atoms with E-state index in [-0.39, 0.29) is 40.6 Å². The molecule has 0 aliphatic rings. The Morgan fingerprint density at radius 2 is 0.930 bits per heavy atom. The summed E-state index contributed by atoms with van der Waals surface area (Å²) in [6.07, 6.45) is 8.72. The van der Waals surface area contributed by atoms with Crippen LogP contribution < -0.4 is 0 Å². The molecule has 3 aromatic carbocycles. The molecule has 2 nitrogen and oxygen atoms in total. The number of aromatic nitrogens is 2. The first-order valence-corrected chi connectivity index (χ1v) is 19.2. The first-order chi connectivity index (χ1) is 21.1. The third kappa shape index (κ3) is 6.72. The molecule has 0 spiro atoms. The van der Waals surface area contributed by atoms with Gasteiger partial charge in [-0.15, -0.1) is 0 Å². The first kappa shape index (κ1) is 30.4. The van der Waals surface area contributed by atoms with Gasteiger partial charge in [-0.1, -0.05) is 0 Å². The molecule has 0 saturated carbocycles. The van der Waals surface area contributed by atoms with Crippen molar-refractivity contribution in [3.05, 3.63) is 95.6 Å². The van der Waals surface area contributed by atoms with Gasteiger partial charge >= 0.3 is 270 Å².